The Morgan fingerprint density at radius 2 is 2.16 bits per heavy atom. The third-order valence-corrected chi connectivity index (χ3v) is 4.79. The molecule has 1 amide bonds. The zero-order valence-electron chi connectivity index (χ0n) is 11.3. The Morgan fingerprint density at radius 3 is 2.68 bits per heavy atom. The van der Waals surface area contributed by atoms with Gasteiger partial charge in [0.2, 0.25) is 0 Å². The van der Waals surface area contributed by atoms with Crippen LogP contribution in [0.3, 0.4) is 0 Å². The van der Waals surface area contributed by atoms with Gasteiger partial charge in [-0.2, -0.15) is 11.3 Å². The van der Waals surface area contributed by atoms with Gasteiger partial charge in [0, 0.05) is 6.54 Å². The van der Waals surface area contributed by atoms with Crippen molar-refractivity contribution in [3.63, 3.8) is 0 Å². The molecule has 1 unspecified atom stereocenters. The lowest BCUT2D eigenvalue weighted by atomic mass is 10.1. The Bertz CT molecular complexity index is 531. The van der Waals surface area contributed by atoms with Crippen LogP contribution >= 0.6 is 22.7 Å². The second-order valence-corrected chi connectivity index (χ2v) is 6.38. The van der Waals surface area contributed by atoms with Crippen LogP contribution in [-0.4, -0.2) is 31.4 Å². The van der Waals surface area contributed by atoms with Crippen molar-refractivity contribution in [1.82, 2.24) is 10.2 Å². The predicted molar refractivity (Wildman–Crippen MR) is 82.1 cm³/mol. The van der Waals surface area contributed by atoms with Gasteiger partial charge in [-0.05, 0) is 60.4 Å². The summed E-state index contributed by atoms with van der Waals surface area (Å²) in [6.07, 6.45) is 0. The molecule has 0 aromatic carbocycles. The Labute approximate surface area is 121 Å². The second-order valence-electron chi connectivity index (χ2n) is 4.68. The third-order valence-electron chi connectivity index (χ3n) is 3.08. The van der Waals surface area contributed by atoms with E-state index in [2.05, 4.69) is 27.0 Å². The second kappa shape index (κ2) is 6.32. The number of aryl methyl sites for hydroxylation is 1. The van der Waals surface area contributed by atoms with Crippen LogP contribution in [0, 0.1) is 6.92 Å². The zero-order chi connectivity index (χ0) is 13.8. The van der Waals surface area contributed by atoms with Crippen molar-refractivity contribution in [1.29, 1.82) is 0 Å². The van der Waals surface area contributed by atoms with Gasteiger partial charge in [-0.25, -0.2) is 0 Å². The number of hydrogen-bond donors (Lipinski definition) is 1. The normalized spacial score (nSPS) is 12.6. The molecule has 3 nitrogen and oxygen atoms in total. The molecule has 0 aliphatic rings. The highest BCUT2D eigenvalue weighted by molar-refractivity contribution is 7.12. The molecule has 0 saturated carbocycles. The van der Waals surface area contributed by atoms with Crippen molar-refractivity contribution in [3.05, 3.63) is 44.3 Å². The van der Waals surface area contributed by atoms with Crippen molar-refractivity contribution in [2.45, 2.75) is 13.0 Å². The van der Waals surface area contributed by atoms with Gasteiger partial charge in [0.1, 0.15) is 0 Å². The monoisotopic (exact) mass is 294 g/mol. The fraction of sp³-hybridized carbons (Fsp3) is 0.357. The quantitative estimate of drug-likeness (QED) is 0.919. The first-order valence-electron chi connectivity index (χ1n) is 6.10. The molecule has 19 heavy (non-hydrogen) atoms. The van der Waals surface area contributed by atoms with Gasteiger partial charge in [0.05, 0.1) is 10.9 Å². The molecule has 0 saturated heterocycles. The predicted octanol–water partition coefficient (Wildman–Crippen LogP) is 3.15. The van der Waals surface area contributed by atoms with Gasteiger partial charge in [-0.3, -0.25) is 4.79 Å². The lowest BCUT2D eigenvalue weighted by molar-refractivity contribution is 0.0945. The molecule has 2 rings (SSSR count). The molecule has 1 atom stereocenters. The third kappa shape index (κ3) is 3.43. The van der Waals surface area contributed by atoms with Crippen molar-refractivity contribution >= 4 is 28.6 Å². The summed E-state index contributed by atoms with van der Waals surface area (Å²) in [6.45, 7) is 2.59. The minimum absolute atomic E-state index is 0.0228. The van der Waals surface area contributed by atoms with Crippen LogP contribution in [0.2, 0.25) is 0 Å². The Kier molecular flexibility index (Phi) is 4.74. The molecule has 0 radical (unpaired) electrons. The summed E-state index contributed by atoms with van der Waals surface area (Å²) in [6, 6.07) is 4.30. The summed E-state index contributed by atoms with van der Waals surface area (Å²) in [7, 11) is 4.07. The van der Waals surface area contributed by atoms with Crippen LogP contribution < -0.4 is 5.32 Å². The Balaban J connectivity index is 2.00. The van der Waals surface area contributed by atoms with Crippen molar-refractivity contribution in [3.8, 4) is 0 Å². The van der Waals surface area contributed by atoms with Gasteiger partial charge in [-0.15, -0.1) is 11.3 Å². The van der Waals surface area contributed by atoms with Crippen LogP contribution in [0.4, 0.5) is 0 Å². The van der Waals surface area contributed by atoms with Gasteiger partial charge >= 0.3 is 0 Å². The first-order chi connectivity index (χ1) is 9.09. The molecule has 0 bridgehead atoms. The first-order valence-corrected chi connectivity index (χ1v) is 7.92. The Hall–Kier alpha value is -1.17. The minimum atomic E-state index is 0.0228. The molecule has 2 aromatic heterocycles. The number of amides is 1. The maximum Gasteiger partial charge on any atom is 0.261 e. The number of nitrogens with zero attached hydrogens (tertiary/aromatic N) is 1. The molecular weight excluding hydrogens is 276 g/mol. The standard InChI is InChI=1S/C14H18N2OS2/c1-10-4-7-19-13(10)14(17)15-8-12(16(2)3)11-5-6-18-9-11/h4-7,9,12H,8H2,1-3H3,(H,15,17). The fourth-order valence-electron chi connectivity index (χ4n) is 1.94. The van der Waals surface area contributed by atoms with Crippen LogP contribution in [0.5, 0.6) is 0 Å². The van der Waals surface area contributed by atoms with Gasteiger partial charge in [0.15, 0.2) is 0 Å². The molecule has 2 aromatic rings. The van der Waals surface area contributed by atoms with E-state index in [-0.39, 0.29) is 11.9 Å². The summed E-state index contributed by atoms with van der Waals surface area (Å²) in [5, 5.41) is 9.18. The van der Waals surface area contributed by atoms with E-state index >= 15 is 0 Å². The van der Waals surface area contributed by atoms with Crippen LogP contribution in [-0.2, 0) is 0 Å². The molecular formula is C14H18N2OS2. The lowest BCUT2D eigenvalue weighted by Gasteiger charge is -2.23. The number of carbonyl (C=O) groups excluding carboxylic acids is 1. The summed E-state index contributed by atoms with van der Waals surface area (Å²) in [5.41, 5.74) is 2.29. The molecule has 0 aliphatic heterocycles. The van der Waals surface area contributed by atoms with Gasteiger partial charge < -0.3 is 10.2 Å². The largest absolute Gasteiger partial charge is 0.349 e. The van der Waals surface area contributed by atoms with Crippen LogP contribution in [0.1, 0.15) is 26.8 Å². The van der Waals surface area contributed by atoms with Gasteiger partial charge in [-0.1, -0.05) is 0 Å². The summed E-state index contributed by atoms with van der Waals surface area (Å²) in [4.78, 5) is 15.0. The van der Waals surface area contributed by atoms with Crippen LogP contribution in [0.25, 0.3) is 0 Å². The van der Waals surface area contributed by atoms with E-state index in [9.17, 15) is 4.79 Å². The molecule has 1 N–H and O–H groups in total. The number of carbonyl (C=O) groups is 1. The maximum absolute atomic E-state index is 12.1. The van der Waals surface area contributed by atoms with E-state index < -0.39 is 0 Å². The van der Waals surface area contributed by atoms with E-state index in [1.54, 1.807) is 11.3 Å². The van der Waals surface area contributed by atoms with Crippen LogP contribution in [0.15, 0.2) is 28.3 Å². The summed E-state index contributed by atoms with van der Waals surface area (Å²) < 4.78 is 0. The summed E-state index contributed by atoms with van der Waals surface area (Å²) >= 11 is 3.17. The topological polar surface area (TPSA) is 32.3 Å². The highest BCUT2D eigenvalue weighted by Gasteiger charge is 2.17. The van der Waals surface area contributed by atoms with E-state index in [1.165, 1.54) is 16.9 Å². The number of nitrogens with one attached hydrogen (secondary N) is 1. The molecule has 2 heterocycles. The molecule has 0 fully saturated rings. The number of hydrogen-bond acceptors (Lipinski definition) is 4. The fourth-order valence-corrected chi connectivity index (χ4v) is 3.49. The number of likely N-dealkylation sites (N-methyl/N-ethyl adjacent to an activating group) is 1. The maximum atomic E-state index is 12.1. The number of rotatable bonds is 5. The lowest BCUT2D eigenvalue weighted by Crippen LogP contribution is -2.34. The van der Waals surface area contributed by atoms with E-state index in [4.69, 9.17) is 0 Å². The van der Waals surface area contributed by atoms with E-state index in [0.717, 1.165) is 10.4 Å². The minimum Gasteiger partial charge on any atom is -0.349 e. The molecule has 102 valence electrons. The molecule has 0 spiro atoms. The Morgan fingerprint density at radius 1 is 1.37 bits per heavy atom. The average Bonchev–Trinajstić information content (AvgIpc) is 3.00. The van der Waals surface area contributed by atoms with E-state index in [0.29, 0.717) is 6.54 Å². The molecule has 0 aliphatic carbocycles. The first kappa shape index (κ1) is 14.2. The SMILES string of the molecule is Cc1ccsc1C(=O)NCC(c1ccsc1)N(C)C. The van der Waals surface area contributed by atoms with Crippen molar-refractivity contribution < 1.29 is 4.79 Å². The zero-order valence-corrected chi connectivity index (χ0v) is 13.0. The number of thiophene rings is 2. The highest BCUT2D eigenvalue weighted by Crippen LogP contribution is 2.21. The van der Waals surface area contributed by atoms with Gasteiger partial charge in [0.25, 0.3) is 5.91 Å². The van der Waals surface area contributed by atoms with Crippen molar-refractivity contribution in [2.24, 2.45) is 0 Å². The molecule has 5 heteroatoms. The van der Waals surface area contributed by atoms with E-state index in [1.807, 2.05) is 32.5 Å². The average molecular weight is 294 g/mol. The smallest absolute Gasteiger partial charge is 0.261 e. The van der Waals surface area contributed by atoms with Crippen molar-refractivity contribution in [2.75, 3.05) is 20.6 Å². The summed E-state index contributed by atoms with van der Waals surface area (Å²) in [5.74, 6) is 0.0228. The highest BCUT2D eigenvalue weighted by atomic mass is 32.1.